The molecule has 4 saturated carbocycles. The number of rotatable bonds is 5. The maximum atomic E-state index is 12.7. The van der Waals surface area contributed by atoms with Gasteiger partial charge in [0.25, 0.3) is 0 Å². The molecule has 34 heavy (non-hydrogen) atoms. The van der Waals surface area contributed by atoms with Gasteiger partial charge in [0.2, 0.25) is 5.91 Å². The molecular weight excluding hydrogens is 426 g/mol. The second-order valence-corrected chi connectivity index (χ2v) is 12.5. The number of hydrogen-bond donors (Lipinski definition) is 3. The van der Waals surface area contributed by atoms with Gasteiger partial charge in [-0.15, -0.1) is 0 Å². The van der Waals surface area contributed by atoms with Crippen LogP contribution in [0, 0.1) is 40.4 Å². The minimum Gasteiger partial charge on any atom is -0.480 e. The van der Waals surface area contributed by atoms with E-state index in [4.69, 9.17) is 0 Å². The molecule has 3 N–H and O–H groups in total. The SMILES string of the molecule is C[C@]12CC[C@H]3[C@@H](CC[C@H]4CC(O)CC[C@@]43C)[C@@H]1CC(C(NC(=O)Cc1ccccc1)C(=O)O)C2. The van der Waals surface area contributed by atoms with Crippen molar-refractivity contribution < 1.29 is 19.8 Å². The Morgan fingerprint density at radius 3 is 2.53 bits per heavy atom. The molecule has 0 aromatic heterocycles. The third-order valence-electron chi connectivity index (χ3n) is 10.7. The van der Waals surface area contributed by atoms with Gasteiger partial charge in [-0.05, 0) is 104 Å². The largest absolute Gasteiger partial charge is 0.480 e. The Labute approximate surface area is 203 Å². The van der Waals surface area contributed by atoms with E-state index in [0.29, 0.717) is 29.1 Å². The van der Waals surface area contributed by atoms with Crippen LogP contribution in [0.2, 0.25) is 0 Å². The van der Waals surface area contributed by atoms with Crippen LogP contribution >= 0.6 is 0 Å². The standard InChI is InChI=1S/C29H41NO4/c1-28-12-11-23-22(9-8-20-16-21(31)10-13-29(20,23)2)24(28)15-19(17-28)26(27(33)34)30-25(32)14-18-6-4-3-5-7-18/h3-7,19-24,26,31H,8-17H2,1-2H3,(H,30,32)(H,33,34)/t19?,20-,21?,22+,23-,24-,26?,28+,29-/m0/s1. The summed E-state index contributed by atoms with van der Waals surface area (Å²) in [6, 6.07) is 8.72. The molecule has 5 rings (SSSR count). The maximum absolute atomic E-state index is 12.7. The first-order valence-electron chi connectivity index (χ1n) is 13.4. The zero-order valence-corrected chi connectivity index (χ0v) is 20.7. The lowest BCUT2D eigenvalue weighted by atomic mass is 9.45. The van der Waals surface area contributed by atoms with Crippen LogP contribution in [-0.2, 0) is 16.0 Å². The number of carboxylic acids is 1. The molecule has 0 spiro atoms. The first-order valence-corrected chi connectivity index (χ1v) is 13.4. The minimum atomic E-state index is -0.901. The van der Waals surface area contributed by atoms with Crippen molar-refractivity contribution in [3.8, 4) is 0 Å². The molecule has 0 heterocycles. The highest BCUT2D eigenvalue weighted by Gasteiger charge is 2.60. The number of fused-ring (bicyclic) bond motifs is 5. The Morgan fingerprint density at radius 2 is 1.79 bits per heavy atom. The summed E-state index contributed by atoms with van der Waals surface area (Å²) in [5, 5.41) is 23.3. The molecule has 0 radical (unpaired) electrons. The highest BCUT2D eigenvalue weighted by atomic mass is 16.4. The van der Waals surface area contributed by atoms with Crippen LogP contribution in [0.25, 0.3) is 0 Å². The average molecular weight is 468 g/mol. The second-order valence-electron chi connectivity index (χ2n) is 12.5. The van der Waals surface area contributed by atoms with Gasteiger partial charge in [0.05, 0.1) is 12.5 Å². The van der Waals surface area contributed by atoms with Crippen molar-refractivity contribution in [3.05, 3.63) is 35.9 Å². The van der Waals surface area contributed by atoms with Crippen molar-refractivity contribution in [2.75, 3.05) is 0 Å². The number of carbonyl (C=O) groups is 2. The molecule has 186 valence electrons. The first kappa shape index (κ1) is 23.8. The summed E-state index contributed by atoms with van der Waals surface area (Å²) < 4.78 is 0. The van der Waals surface area contributed by atoms with E-state index in [1.807, 2.05) is 30.3 Å². The molecule has 4 aliphatic carbocycles. The zero-order chi connectivity index (χ0) is 24.1. The van der Waals surface area contributed by atoms with Gasteiger partial charge < -0.3 is 15.5 Å². The van der Waals surface area contributed by atoms with Crippen LogP contribution in [-0.4, -0.2) is 34.2 Å². The van der Waals surface area contributed by atoms with E-state index in [-0.39, 0.29) is 29.8 Å². The van der Waals surface area contributed by atoms with Crippen molar-refractivity contribution in [1.29, 1.82) is 0 Å². The fourth-order valence-electron chi connectivity index (χ4n) is 8.99. The number of aliphatic hydroxyl groups is 1. The molecule has 0 saturated heterocycles. The highest BCUT2D eigenvalue weighted by molar-refractivity contribution is 5.85. The number of benzene rings is 1. The number of amides is 1. The van der Waals surface area contributed by atoms with Crippen molar-refractivity contribution in [2.45, 2.75) is 90.2 Å². The maximum Gasteiger partial charge on any atom is 0.326 e. The fourth-order valence-corrected chi connectivity index (χ4v) is 8.99. The Morgan fingerprint density at radius 1 is 1.03 bits per heavy atom. The number of carbonyl (C=O) groups excluding carboxylic acids is 1. The van der Waals surface area contributed by atoms with Crippen LogP contribution in [0.1, 0.15) is 77.2 Å². The van der Waals surface area contributed by atoms with Gasteiger partial charge in [0.1, 0.15) is 6.04 Å². The van der Waals surface area contributed by atoms with Gasteiger partial charge >= 0.3 is 5.97 Å². The molecule has 4 aliphatic rings. The lowest BCUT2D eigenvalue weighted by Gasteiger charge is -2.60. The molecule has 0 bridgehead atoms. The lowest BCUT2D eigenvalue weighted by Crippen LogP contribution is -2.53. The summed E-state index contributed by atoms with van der Waals surface area (Å²) in [5.41, 5.74) is 1.39. The zero-order valence-electron chi connectivity index (χ0n) is 20.7. The molecule has 5 nitrogen and oxygen atoms in total. The van der Waals surface area contributed by atoms with Crippen molar-refractivity contribution >= 4 is 11.9 Å². The van der Waals surface area contributed by atoms with E-state index in [9.17, 15) is 19.8 Å². The smallest absolute Gasteiger partial charge is 0.326 e. The third-order valence-corrected chi connectivity index (χ3v) is 10.7. The van der Waals surface area contributed by atoms with E-state index >= 15 is 0 Å². The number of carboxylic acid groups (broad SMARTS) is 1. The van der Waals surface area contributed by atoms with Crippen LogP contribution < -0.4 is 5.32 Å². The van der Waals surface area contributed by atoms with Gasteiger partial charge in [0, 0.05) is 0 Å². The molecule has 1 aromatic rings. The van der Waals surface area contributed by atoms with Gasteiger partial charge in [-0.25, -0.2) is 4.79 Å². The normalized spacial score (nSPS) is 42.1. The van der Waals surface area contributed by atoms with Crippen molar-refractivity contribution in [2.24, 2.45) is 40.4 Å². The molecule has 4 fully saturated rings. The Bertz CT molecular complexity index is 918. The Balaban J connectivity index is 1.30. The van der Waals surface area contributed by atoms with E-state index < -0.39 is 12.0 Å². The molecule has 1 amide bonds. The number of hydrogen-bond acceptors (Lipinski definition) is 3. The highest BCUT2D eigenvalue weighted by Crippen LogP contribution is 2.67. The average Bonchev–Trinajstić information content (AvgIpc) is 3.15. The first-order chi connectivity index (χ1) is 16.2. The summed E-state index contributed by atoms with van der Waals surface area (Å²) in [4.78, 5) is 25.0. The summed E-state index contributed by atoms with van der Waals surface area (Å²) in [6.45, 7) is 4.87. The predicted molar refractivity (Wildman–Crippen MR) is 131 cm³/mol. The molecule has 0 aliphatic heterocycles. The fraction of sp³-hybridized carbons (Fsp3) is 0.724. The molecule has 1 aromatic carbocycles. The van der Waals surface area contributed by atoms with E-state index in [2.05, 4.69) is 19.2 Å². The number of nitrogens with one attached hydrogen (secondary N) is 1. The lowest BCUT2D eigenvalue weighted by molar-refractivity contribution is -0.143. The monoisotopic (exact) mass is 467 g/mol. The molecule has 3 unspecified atom stereocenters. The van der Waals surface area contributed by atoms with E-state index in [1.54, 1.807) is 0 Å². The molecular formula is C29H41NO4. The summed E-state index contributed by atoms with van der Waals surface area (Å²) in [7, 11) is 0. The second kappa shape index (κ2) is 8.96. The van der Waals surface area contributed by atoms with E-state index in [0.717, 1.165) is 44.1 Å². The van der Waals surface area contributed by atoms with Crippen LogP contribution in [0.15, 0.2) is 30.3 Å². The van der Waals surface area contributed by atoms with Crippen molar-refractivity contribution in [3.63, 3.8) is 0 Å². The number of aliphatic carboxylic acids is 1. The molecule has 9 atom stereocenters. The summed E-state index contributed by atoms with van der Waals surface area (Å²) in [6.07, 6.45) is 9.69. The number of aliphatic hydroxyl groups excluding tert-OH is 1. The predicted octanol–water partition coefficient (Wildman–Crippen LogP) is 4.82. The van der Waals surface area contributed by atoms with Crippen LogP contribution in [0.4, 0.5) is 0 Å². The minimum absolute atomic E-state index is 0.00955. The van der Waals surface area contributed by atoms with Gasteiger partial charge in [-0.3, -0.25) is 4.79 Å². The Hall–Kier alpha value is -1.88. The van der Waals surface area contributed by atoms with Gasteiger partial charge in [0.15, 0.2) is 0 Å². The van der Waals surface area contributed by atoms with Crippen LogP contribution in [0.3, 0.4) is 0 Å². The van der Waals surface area contributed by atoms with Crippen molar-refractivity contribution in [1.82, 2.24) is 5.32 Å². The topological polar surface area (TPSA) is 86.6 Å². The van der Waals surface area contributed by atoms with Crippen LogP contribution in [0.5, 0.6) is 0 Å². The third kappa shape index (κ3) is 4.19. The van der Waals surface area contributed by atoms with Gasteiger partial charge in [-0.1, -0.05) is 44.2 Å². The quantitative estimate of drug-likeness (QED) is 0.580. The molecule has 5 heteroatoms. The van der Waals surface area contributed by atoms with E-state index in [1.165, 1.54) is 19.3 Å². The summed E-state index contributed by atoms with van der Waals surface area (Å²) in [5.74, 6) is 1.38. The Kier molecular flexibility index (Phi) is 6.29. The van der Waals surface area contributed by atoms with Gasteiger partial charge in [-0.2, -0.15) is 0 Å². The summed E-state index contributed by atoms with van der Waals surface area (Å²) >= 11 is 0.